The number of nitrogens with zero attached hydrogens (tertiary/aromatic N) is 1. The normalized spacial score (nSPS) is 15.6. The third-order valence-corrected chi connectivity index (χ3v) is 5.37. The molecule has 2 aromatic rings. The van der Waals surface area contributed by atoms with Crippen molar-refractivity contribution in [2.75, 3.05) is 6.54 Å². The molecule has 1 fully saturated rings. The number of benzene rings is 1. The van der Waals surface area contributed by atoms with Gasteiger partial charge in [-0.2, -0.15) is 0 Å². The molecule has 0 bridgehead atoms. The molecule has 0 spiro atoms. The minimum Gasteiger partial charge on any atom is -0.350 e. The quantitative estimate of drug-likeness (QED) is 0.802. The van der Waals surface area contributed by atoms with E-state index >= 15 is 0 Å². The molecule has 1 N–H and O–H groups in total. The fraction of sp³-hybridized carbons (Fsp3) is 0.421. The Bertz CT molecular complexity index is 608. The highest BCUT2D eigenvalue weighted by atomic mass is 32.1. The van der Waals surface area contributed by atoms with Gasteiger partial charge in [0.1, 0.15) is 0 Å². The van der Waals surface area contributed by atoms with Crippen LogP contribution in [-0.2, 0) is 17.9 Å². The summed E-state index contributed by atoms with van der Waals surface area (Å²) in [7, 11) is 0. The average molecular weight is 328 g/mol. The molecule has 0 radical (unpaired) electrons. The first-order chi connectivity index (χ1) is 11.2. The fourth-order valence-corrected chi connectivity index (χ4v) is 3.52. The van der Waals surface area contributed by atoms with E-state index in [-0.39, 0.29) is 5.91 Å². The smallest absolute Gasteiger partial charge is 0.234 e. The van der Waals surface area contributed by atoms with Gasteiger partial charge in [0.15, 0.2) is 0 Å². The lowest BCUT2D eigenvalue weighted by molar-refractivity contribution is -0.123. The van der Waals surface area contributed by atoms with E-state index in [9.17, 15) is 4.79 Å². The van der Waals surface area contributed by atoms with Gasteiger partial charge in [-0.15, -0.1) is 11.3 Å². The molecule has 1 aliphatic rings. The second kappa shape index (κ2) is 7.75. The molecule has 1 aliphatic carbocycles. The Morgan fingerprint density at radius 3 is 2.70 bits per heavy atom. The second-order valence-electron chi connectivity index (χ2n) is 6.32. The Labute approximate surface area is 142 Å². The number of nitrogens with one attached hydrogen (secondary N) is 1. The van der Waals surface area contributed by atoms with Crippen LogP contribution in [0.1, 0.15) is 30.2 Å². The largest absolute Gasteiger partial charge is 0.350 e. The van der Waals surface area contributed by atoms with Crippen molar-refractivity contribution < 1.29 is 4.79 Å². The zero-order valence-electron chi connectivity index (χ0n) is 13.6. The van der Waals surface area contributed by atoms with Gasteiger partial charge >= 0.3 is 0 Å². The summed E-state index contributed by atoms with van der Waals surface area (Å²) in [6.45, 7) is 4.20. The van der Waals surface area contributed by atoms with Crippen LogP contribution in [-0.4, -0.2) is 23.4 Å². The van der Waals surface area contributed by atoms with Crippen LogP contribution < -0.4 is 5.32 Å². The Balaban J connectivity index is 1.57. The van der Waals surface area contributed by atoms with Gasteiger partial charge in [-0.1, -0.05) is 36.4 Å². The topological polar surface area (TPSA) is 32.3 Å². The Morgan fingerprint density at radius 2 is 2.04 bits per heavy atom. The van der Waals surface area contributed by atoms with Crippen molar-refractivity contribution in [2.24, 2.45) is 5.92 Å². The summed E-state index contributed by atoms with van der Waals surface area (Å²) in [6.07, 6.45) is 2.59. The summed E-state index contributed by atoms with van der Waals surface area (Å²) in [5.74, 6) is 0.866. The zero-order chi connectivity index (χ0) is 16.1. The number of rotatable bonds is 8. The lowest BCUT2D eigenvalue weighted by Crippen LogP contribution is -2.42. The fourth-order valence-electron chi connectivity index (χ4n) is 2.88. The Morgan fingerprint density at radius 1 is 1.26 bits per heavy atom. The first kappa shape index (κ1) is 16.2. The highest BCUT2D eigenvalue weighted by molar-refractivity contribution is 7.09. The molecular formula is C19H24N2OS. The zero-order valence-corrected chi connectivity index (χ0v) is 14.4. The number of amides is 1. The first-order valence-electron chi connectivity index (χ1n) is 8.29. The van der Waals surface area contributed by atoms with E-state index in [2.05, 4.69) is 47.5 Å². The molecule has 3 rings (SSSR count). The predicted molar refractivity (Wildman–Crippen MR) is 95.2 cm³/mol. The maximum atomic E-state index is 12.3. The first-order valence-corrected chi connectivity index (χ1v) is 9.17. The summed E-state index contributed by atoms with van der Waals surface area (Å²) in [6, 6.07) is 15.0. The van der Waals surface area contributed by atoms with E-state index in [1.54, 1.807) is 11.3 Å². The van der Waals surface area contributed by atoms with Crippen molar-refractivity contribution >= 4 is 17.2 Å². The van der Waals surface area contributed by atoms with Gasteiger partial charge in [-0.05, 0) is 42.7 Å². The second-order valence-corrected chi connectivity index (χ2v) is 7.36. The van der Waals surface area contributed by atoms with Crippen LogP contribution in [0.15, 0.2) is 47.8 Å². The maximum Gasteiger partial charge on any atom is 0.234 e. The highest BCUT2D eigenvalue weighted by Crippen LogP contribution is 2.35. The van der Waals surface area contributed by atoms with Gasteiger partial charge in [-0.3, -0.25) is 9.69 Å². The van der Waals surface area contributed by atoms with Crippen molar-refractivity contribution in [1.29, 1.82) is 0 Å². The molecule has 1 amide bonds. The van der Waals surface area contributed by atoms with Gasteiger partial charge in [0, 0.05) is 17.5 Å². The number of thiophene rings is 1. The van der Waals surface area contributed by atoms with E-state index in [1.165, 1.54) is 23.3 Å². The highest BCUT2D eigenvalue weighted by Gasteiger charge is 2.32. The van der Waals surface area contributed by atoms with Crippen LogP contribution in [0.4, 0.5) is 0 Å². The van der Waals surface area contributed by atoms with Gasteiger partial charge in [0.2, 0.25) is 5.91 Å². The summed E-state index contributed by atoms with van der Waals surface area (Å²) in [5.41, 5.74) is 1.27. The lowest BCUT2D eigenvalue weighted by Gasteiger charge is -2.28. The summed E-state index contributed by atoms with van der Waals surface area (Å²) < 4.78 is 0. The van der Waals surface area contributed by atoms with Crippen LogP contribution in [0.25, 0.3) is 0 Å². The van der Waals surface area contributed by atoms with Gasteiger partial charge < -0.3 is 5.32 Å². The number of hydrogen-bond donors (Lipinski definition) is 1. The number of carbonyl (C=O) groups excluding carboxylic acids is 1. The monoisotopic (exact) mass is 328 g/mol. The number of carbonyl (C=O) groups is 1. The third-order valence-electron chi connectivity index (χ3n) is 4.50. The molecule has 1 atom stereocenters. The molecule has 23 heavy (non-hydrogen) atoms. The van der Waals surface area contributed by atoms with Crippen molar-refractivity contribution in [1.82, 2.24) is 10.2 Å². The van der Waals surface area contributed by atoms with Crippen LogP contribution in [0, 0.1) is 5.92 Å². The Hall–Kier alpha value is -1.65. The minimum absolute atomic E-state index is 0.113. The van der Waals surface area contributed by atoms with Crippen LogP contribution in [0.2, 0.25) is 0 Å². The summed E-state index contributed by atoms with van der Waals surface area (Å²) >= 11 is 1.68. The van der Waals surface area contributed by atoms with E-state index in [1.807, 2.05) is 17.5 Å². The molecule has 1 heterocycles. The van der Waals surface area contributed by atoms with E-state index in [4.69, 9.17) is 0 Å². The minimum atomic E-state index is 0.113. The molecular weight excluding hydrogens is 304 g/mol. The Kier molecular flexibility index (Phi) is 5.47. The van der Waals surface area contributed by atoms with Crippen molar-refractivity contribution in [3.05, 3.63) is 58.3 Å². The molecule has 4 heteroatoms. The molecule has 0 saturated heterocycles. The lowest BCUT2D eigenvalue weighted by atomic mass is 10.1. The van der Waals surface area contributed by atoms with E-state index in [0.717, 1.165) is 12.5 Å². The molecule has 1 aromatic heterocycles. The van der Waals surface area contributed by atoms with Gasteiger partial charge in [-0.25, -0.2) is 0 Å². The molecule has 1 unspecified atom stereocenters. The van der Waals surface area contributed by atoms with Crippen LogP contribution >= 0.6 is 11.3 Å². The predicted octanol–water partition coefficient (Wildman–Crippen LogP) is 3.67. The van der Waals surface area contributed by atoms with Gasteiger partial charge in [0.05, 0.1) is 13.1 Å². The van der Waals surface area contributed by atoms with Crippen molar-refractivity contribution in [2.45, 2.75) is 38.9 Å². The average Bonchev–Trinajstić information content (AvgIpc) is 3.29. The molecule has 122 valence electrons. The summed E-state index contributed by atoms with van der Waals surface area (Å²) in [4.78, 5) is 15.9. The van der Waals surface area contributed by atoms with Crippen LogP contribution in [0.3, 0.4) is 0 Å². The third kappa shape index (κ3) is 4.91. The SMILES string of the molecule is CC(C1CC1)N(CC(=O)NCc1cccs1)Cc1ccccc1. The van der Waals surface area contributed by atoms with Crippen LogP contribution in [0.5, 0.6) is 0 Å². The molecule has 1 aromatic carbocycles. The van der Waals surface area contributed by atoms with E-state index in [0.29, 0.717) is 19.1 Å². The van der Waals surface area contributed by atoms with Crippen molar-refractivity contribution in [3.63, 3.8) is 0 Å². The van der Waals surface area contributed by atoms with E-state index < -0.39 is 0 Å². The maximum absolute atomic E-state index is 12.3. The van der Waals surface area contributed by atoms with Gasteiger partial charge in [0.25, 0.3) is 0 Å². The standard InChI is InChI=1S/C19H24N2OS/c1-15(17-9-10-17)21(13-16-6-3-2-4-7-16)14-19(22)20-12-18-8-5-11-23-18/h2-8,11,15,17H,9-10,12-14H2,1H3,(H,20,22). The molecule has 1 saturated carbocycles. The summed E-state index contributed by atoms with van der Waals surface area (Å²) in [5, 5.41) is 5.09. The molecule has 0 aliphatic heterocycles. The molecule has 3 nitrogen and oxygen atoms in total. The van der Waals surface area contributed by atoms with Crippen molar-refractivity contribution in [3.8, 4) is 0 Å². The number of hydrogen-bond acceptors (Lipinski definition) is 3.